The van der Waals surface area contributed by atoms with Crippen LogP contribution in [0.25, 0.3) is 0 Å². The van der Waals surface area contributed by atoms with Crippen molar-refractivity contribution in [1.82, 2.24) is 10.2 Å². The van der Waals surface area contributed by atoms with Crippen molar-refractivity contribution in [3.05, 3.63) is 33.7 Å². The SMILES string of the molecule is CC(=O)O[C@@H]1[C@H]2OC(C)(C)O[C@H]2O[C@@H]1c1nnc(Nc2ccc(Br)cc2)s1. The van der Waals surface area contributed by atoms with E-state index in [9.17, 15) is 4.79 Å². The Morgan fingerprint density at radius 1 is 1.26 bits per heavy atom. The molecule has 1 N–H and O–H groups in total. The van der Waals surface area contributed by atoms with Gasteiger partial charge in [0.1, 0.15) is 0 Å². The van der Waals surface area contributed by atoms with Crippen LogP contribution in [0.5, 0.6) is 0 Å². The zero-order valence-corrected chi connectivity index (χ0v) is 17.2. The summed E-state index contributed by atoms with van der Waals surface area (Å²) in [6.07, 6.45) is -2.39. The van der Waals surface area contributed by atoms with Crippen molar-refractivity contribution >= 4 is 44.1 Å². The molecule has 2 fully saturated rings. The summed E-state index contributed by atoms with van der Waals surface area (Å²) in [5, 5.41) is 12.7. The molecule has 0 bridgehead atoms. The van der Waals surface area contributed by atoms with E-state index in [2.05, 4.69) is 31.4 Å². The van der Waals surface area contributed by atoms with Gasteiger partial charge in [-0.3, -0.25) is 4.79 Å². The summed E-state index contributed by atoms with van der Waals surface area (Å²) in [4.78, 5) is 11.6. The van der Waals surface area contributed by atoms with E-state index in [1.165, 1.54) is 18.3 Å². The molecule has 144 valence electrons. The molecule has 3 heterocycles. The number of carbonyl (C=O) groups excluding carboxylic acids is 1. The van der Waals surface area contributed by atoms with Gasteiger partial charge >= 0.3 is 5.97 Å². The number of hydrogen-bond donors (Lipinski definition) is 1. The van der Waals surface area contributed by atoms with Crippen molar-refractivity contribution in [1.29, 1.82) is 0 Å². The molecular formula is C17H18BrN3O5S. The molecule has 2 saturated heterocycles. The van der Waals surface area contributed by atoms with Gasteiger partial charge < -0.3 is 24.3 Å². The maximum Gasteiger partial charge on any atom is 0.303 e. The van der Waals surface area contributed by atoms with Crippen molar-refractivity contribution in [2.75, 3.05) is 5.32 Å². The second kappa shape index (κ2) is 7.10. The smallest absolute Gasteiger partial charge is 0.303 e. The van der Waals surface area contributed by atoms with Gasteiger partial charge in [0.2, 0.25) is 5.13 Å². The van der Waals surface area contributed by atoms with Gasteiger partial charge in [0, 0.05) is 17.1 Å². The monoisotopic (exact) mass is 455 g/mol. The highest BCUT2D eigenvalue weighted by Crippen LogP contribution is 2.45. The Bertz CT molecular complexity index is 843. The Balaban J connectivity index is 1.53. The molecule has 1 aromatic carbocycles. The molecule has 0 amide bonds. The highest BCUT2D eigenvalue weighted by atomic mass is 79.9. The number of benzene rings is 1. The predicted molar refractivity (Wildman–Crippen MR) is 101 cm³/mol. The molecular weight excluding hydrogens is 438 g/mol. The van der Waals surface area contributed by atoms with Crippen molar-refractivity contribution in [3.63, 3.8) is 0 Å². The van der Waals surface area contributed by atoms with Crippen LogP contribution in [0, 0.1) is 0 Å². The molecule has 2 aliphatic heterocycles. The van der Waals surface area contributed by atoms with Crippen molar-refractivity contribution < 1.29 is 23.7 Å². The Morgan fingerprint density at radius 3 is 2.70 bits per heavy atom. The number of carbonyl (C=O) groups is 1. The van der Waals surface area contributed by atoms with Crippen molar-refractivity contribution in [2.45, 2.75) is 51.2 Å². The predicted octanol–water partition coefficient (Wildman–Crippen LogP) is 3.52. The number of nitrogens with zero attached hydrogens (tertiary/aromatic N) is 2. The summed E-state index contributed by atoms with van der Waals surface area (Å²) in [5.41, 5.74) is 0.884. The number of aromatic nitrogens is 2. The fourth-order valence-corrected chi connectivity index (χ4v) is 4.16. The van der Waals surface area contributed by atoms with E-state index < -0.39 is 36.4 Å². The summed E-state index contributed by atoms with van der Waals surface area (Å²) in [5.74, 6) is -1.21. The molecule has 27 heavy (non-hydrogen) atoms. The largest absolute Gasteiger partial charge is 0.456 e. The van der Waals surface area contributed by atoms with Crippen LogP contribution in [0.15, 0.2) is 28.7 Å². The normalized spacial score (nSPS) is 28.7. The number of hydrogen-bond acceptors (Lipinski definition) is 9. The first-order valence-corrected chi connectivity index (χ1v) is 9.96. The van der Waals surface area contributed by atoms with Crippen LogP contribution in [0.4, 0.5) is 10.8 Å². The lowest BCUT2D eigenvalue weighted by molar-refractivity contribution is -0.219. The van der Waals surface area contributed by atoms with Gasteiger partial charge in [-0.1, -0.05) is 27.3 Å². The van der Waals surface area contributed by atoms with Gasteiger partial charge in [-0.2, -0.15) is 0 Å². The summed E-state index contributed by atoms with van der Waals surface area (Å²) >= 11 is 4.73. The van der Waals surface area contributed by atoms with Gasteiger partial charge in [0.25, 0.3) is 0 Å². The lowest BCUT2D eigenvalue weighted by Gasteiger charge is -2.24. The van der Waals surface area contributed by atoms with E-state index in [1.807, 2.05) is 24.3 Å². The third-order valence-corrected chi connectivity index (χ3v) is 5.50. The highest BCUT2D eigenvalue weighted by molar-refractivity contribution is 9.10. The van der Waals surface area contributed by atoms with Crippen LogP contribution in [-0.4, -0.2) is 40.5 Å². The molecule has 1 aromatic heterocycles. The molecule has 0 saturated carbocycles. The van der Waals surface area contributed by atoms with Gasteiger partial charge in [-0.05, 0) is 38.1 Å². The minimum Gasteiger partial charge on any atom is -0.456 e. The molecule has 2 aliphatic rings. The number of nitrogens with one attached hydrogen (secondary N) is 1. The van der Waals surface area contributed by atoms with Crippen LogP contribution in [0.3, 0.4) is 0 Å². The Kier molecular flexibility index (Phi) is 4.93. The molecule has 0 spiro atoms. The Morgan fingerprint density at radius 2 is 2.00 bits per heavy atom. The van der Waals surface area contributed by atoms with Crippen molar-refractivity contribution in [2.24, 2.45) is 0 Å². The molecule has 0 radical (unpaired) electrons. The molecule has 0 unspecified atom stereocenters. The minimum absolute atomic E-state index is 0.416. The second-order valence-electron chi connectivity index (χ2n) is 6.68. The Labute approximate surface area is 168 Å². The van der Waals surface area contributed by atoms with Crippen LogP contribution >= 0.6 is 27.3 Å². The summed E-state index contributed by atoms with van der Waals surface area (Å²) in [6, 6.07) is 7.71. The fraction of sp³-hybridized carbons (Fsp3) is 0.471. The number of anilines is 2. The summed E-state index contributed by atoms with van der Waals surface area (Å²) in [7, 11) is 0. The standard InChI is InChI=1S/C17H18BrN3O5S/c1-8(22)23-11-12(24-15-13(11)25-17(2,3)26-15)14-20-21-16(27-14)19-10-6-4-9(18)5-7-10/h4-7,11-13,15H,1-3H3,(H,19,21)/t11-,12-,13+,15+/m0/s1. The topological polar surface area (TPSA) is 91.8 Å². The number of rotatable bonds is 4. The highest BCUT2D eigenvalue weighted by Gasteiger charge is 2.57. The van der Waals surface area contributed by atoms with Gasteiger partial charge in [0.05, 0.1) is 0 Å². The van der Waals surface area contributed by atoms with Gasteiger partial charge in [0.15, 0.2) is 35.4 Å². The fourth-order valence-electron chi connectivity index (χ4n) is 3.06. The number of ether oxygens (including phenoxy) is 4. The van der Waals surface area contributed by atoms with E-state index in [4.69, 9.17) is 18.9 Å². The van der Waals surface area contributed by atoms with Gasteiger partial charge in [-0.25, -0.2) is 0 Å². The van der Waals surface area contributed by atoms with Crippen LogP contribution < -0.4 is 5.32 Å². The van der Waals surface area contributed by atoms with E-state index in [0.29, 0.717) is 10.1 Å². The number of halogens is 1. The Hall–Kier alpha value is -1.59. The van der Waals surface area contributed by atoms with E-state index >= 15 is 0 Å². The first kappa shape index (κ1) is 18.8. The number of esters is 1. The van der Waals surface area contributed by atoms with Crippen molar-refractivity contribution in [3.8, 4) is 0 Å². The molecule has 4 rings (SSSR count). The lowest BCUT2D eigenvalue weighted by atomic mass is 10.1. The minimum atomic E-state index is -0.797. The van der Waals surface area contributed by atoms with Crippen LogP contribution in [-0.2, 0) is 23.7 Å². The molecule has 2 aromatic rings. The summed E-state index contributed by atoms with van der Waals surface area (Å²) < 4.78 is 24.0. The maximum atomic E-state index is 11.6. The lowest BCUT2D eigenvalue weighted by Crippen LogP contribution is -2.34. The zero-order chi connectivity index (χ0) is 19.2. The average Bonchev–Trinajstić information content (AvgIpc) is 3.23. The number of fused-ring (bicyclic) bond motifs is 1. The van der Waals surface area contributed by atoms with Crippen LogP contribution in [0.1, 0.15) is 31.9 Å². The maximum absolute atomic E-state index is 11.6. The van der Waals surface area contributed by atoms with Crippen LogP contribution in [0.2, 0.25) is 0 Å². The van der Waals surface area contributed by atoms with Gasteiger partial charge in [-0.15, -0.1) is 10.2 Å². The van der Waals surface area contributed by atoms with E-state index in [0.717, 1.165) is 10.2 Å². The molecule has 8 nitrogen and oxygen atoms in total. The quantitative estimate of drug-likeness (QED) is 0.699. The third kappa shape index (κ3) is 3.99. The second-order valence-corrected chi connectivity index (χ2v) is 8.60. The average molecular weight is 456 g/mol. The molecule has 10 heteroatoms. The summed E-state index contributed by atoms with van der Waals surface area (Å²) in [6.45, 7) is 4.94. The first-order valence-electron chi connectivity index (χ1n) is 8.35. The molecule has 4 atom stereocenters. The molecule has 0 aliphatic carbocycles. The van der Waals surface area contributed by atoms with E-state index in [-0.39, 0.29) is 0 Å². The van der Waals surface area contributed by atoms with E-state index in [1.54, 1.807) is 13.8 Å². The third-order valence-electron chi connectivity index (χ3n) is 4.07. The first-order chi connectivity index (χ1) is 12.8. The zero-order valence-electron chi connectivity index (χ0n) is 14.8.